The van der Waals surface area contributed by atoms with Crippen molar-refractivity contribution in [1.29, 1.82) is 0 Å². The van der Waals surface area contributed by atoms with Gasteiger partial charge in [-0.25, -0.2) is 4.98 Å². The van der Waals surface area contributed by atoms with Gasteiger partial charge in [-0.15, -0.1) is 0 Å². The second kappa shape index (κ2) is 7.87. The van der Waals surface area contributed by atoms with Crippen molar-refractivity contribution in [3.63, 3.8) is 0 Å². The van der Waals surface area contributed by atoms with Crippen LogP contribution >= 0.6 is 0 Å². The molecule has 0 aliphatic heterocycles. The van der Waals surface area contributed by atoms with E-state index < -0.39 is 18.7 Å². The molecule has 2 aromatic rings. The average molecular weight is 354 g/mol. The monoisotopic (exact) mass is 354 g/mol. The average Bonchev–Trinajstić information content (AvgIpc) is 2.59. The number of alkyl halides is 3. The van der Waals surface area contributed by atoms with E-state index in [1.807, 2.05) is 0 Å². The van der Waals surface area contributed by atoms with Gasteiger partial charge >= 0.3 is 6.18 Å². The highest BCUT2D eigenvalue weighted by Crippen LogP contribution is 2.21. The molecule has 0 saturated carbocycles. The summed E-state index contributed by atoms with van der Waals surface area (Å²) in [6.45, 7) is -1.23. The summed E-state index contributed by atoms with van der Waals surface area (Å²) in [7, 11) is 3.10. The topological polar surface area (TPSA) is 51.7 Å². The number of halogens is 3. The molecule has 0 spiro atoms. The van der Waals surface area contributed by atoms with E-state index in [-0.39, 0.29) is 18.0 Å². The molecule has 0 atom stereocenters. The number of rotatable bonds is 6. The Bertz CT molecular complexity index is 718. The molecule has 1 amide bonds. The molecule has 1 aromatic heterocycles. The molecule has 0 bridgehead atoms. The van der Waals surface area contributed by atoms with Gasteiger partial charge in [0.05, 0.1) is 7.11 Å². The minimum Gasteiger partial charge on any atom is -0.497 e. The third kappa shape index (κ3) is 5.37. The summed E-state index contributed by atoms with van der Waals surface area (Å²) in [5.74, 6) is -0.139. The maximum absolute atomic E-state index is 12.5. The van der Waals surface area contributed by atoms with Crippen LogP contribution in [0.15, 0.2) is 42.6 Å². The van der Waals surface area contributed by atoms with Crippen molar-refractivity contribution in [2.45, 2.75) is 12.7 Å². The van der Waals surface area contributed by atoms with Crippen LogP contribution in [0, 0.1) is 0 Å². The van der Waals surface area contributed by atoms with Gasteiger partial charge in [-0.3, -0.25) is 4.79 Å². The van der Waals surface area contributed by atoms with Crippen LogP contribution in [0.4, 0.5) is 13.2 Å². The Morgan fingerprint density at radius 1 is 1.20 bits per heavy atom. The van der Waals surface area contributed by atoms with Crippen LogP contribution in [-0.2, 0) is 6.54 Å². The van der Waals surface area contributed by atoms with Gasteiger partial charge in [0.2, 0.25) is 5.88 Å². The lowest BCUT2D eigenvalue weighted by Crippen LogP contribution is -2.28. The number of hydrogen-bond donors (Lipinski definition) is 0. The number of pyridine rings is 1. The molecule has 0 aliphatic rings. The van der Waals surface area contributed by atoms with Crippen molar-refractivity contribution >= 4 is 5.91 Å². The molecule has 0 fully saturated rings. The lowest BCUT2D eigenvalue weighted by molar-refractivity contribution is -0.154. The zero-order valence-electron chi connectivity index (χ0n) is 13.7. The van der Waals surface area contributed by atoms with Gasteiger partial charge in [-0.1, -0.05) is 12.1 Å². The number of carbonyl (C=O) groups excluding carboxylic acids is 1. The van der Waals surface area contributed by atoms with Crippen LogP contribution in [0.5, 0.6) is 11.6 Å². The molecule has 134 valence electrons. The van der Waals surface area contributed by atoms with E-state index in [9.17, 15) is 18.0 Å². The van der Waals surface area contributed by atoms with Gasteiger partial charge in [0.15, 0.2) is 6.61 Å². The molecule has 1 aromatic carbocycles. The number of carbonyl (C=O) groups is 1. The highest BCUT2D eigenvalue weighted by molar-refractivity contribution is 5.96. The fraction of sp³-hybridized carbons (Fsp3) is 0.294. The Labute approximate surface area is 143 Å². The second-order valence-electron chi connectivity index (χ2n) is 5.27. The standard InChI is InChI=1S/C17H17F3N2O3/c1-22(10-12-5-7-13(24-2)8-6-12)16(23)14-4-3-9-21-15(14)25-11-17(18,19)20/h3-9H,10-11H2,1-2H3. The quantitative estimate of drug-likeness (QED) is 0.799. The largest absolute Gasteiger partial charge is 0.497 e. The zero-order valence-corrected chi connectivity index (χ0v) is 13.7. The first-order valence-corrected chi connectivity index (χ1v) is 7.33. The third-order valence-electron chi connectivity index (χ3n) is 3.30. The molecule has 0 N–H and O–H groups in total. The van der Waals surface area contributed by atoms with Crippen LogP contribution in [-0.4, -0.2) is 42.7 Å². The summed E-state index contributed by atoms with van der Waals surface area (Å²) in [4.78, 5) is 17.6. The maximum atomic E-state index is 12.5. The van der Waals surface area contributed by atoms with E-state index in [0.29, 0.717) is 5.75 Å². The number of hydrogen-bond acceptors (Lipinski definition) is 4. The van der Waals surface area contributed by atoms with Gasteiger partial charge in [-0.05, 0) is 29.8 Å². The molecular weight excluding hydrogens is 337 g/mol. The predicted octanol–water partition coefficient (Wildman–Crippen LogP) is 3.30. The van der Waals surface area contributed by atoms with Crippen molar-refractivity contribution < 1.29 is 27.4 Å². The van der Waals surface area contributed by atoms with Gasteiger partial charge in [-0.2, -0.15) is 13.2 Å². The SMILES string of the molecule is COc1ccc(CN(C)C(=O)c2cccnc2OCC(F)(F)F)cc1. The predicted molar refractivity (Wildman–Crippen MR) is 84.6 cm³/mol. The molecule has 8 heteroatoms. The van der Waals surface area contributed by atoms with E-state index in [1.165, 1.54) is 23.2 Å². The molecule has 5 nitrogen and oxygen atoms in total. The number of amides is 1. The number of nitrogens with zero attached hydrogens (tertiary/aromatic N) is 2. The van der Waals surface area contributed by atoms with Crippen LogP contribution in [0.2, 0.25) is 0 Å². The summed E-state index contributed by atoms with van der Waals surface area (Å²) in [6, 6.07) is 9.96. The summed E-state index contributed by atoms with van der Waals surface area (Å²) in [6.07, 6.45) is -3.24. The van der Waals surface area contributed by atoms with Crippen LogP contribution in [0.3, 0.4) is 0 Å². The minimum atomic E-state index is -4.51. The number of ether oxygens (including phenoxy) is 2. The number of aromatic nitrogens is 1. The Hall–Kier alpha value is -2.77. The van der Waals surface area contributed by atoms with Crippen molar-refractivity contribution in [3.8, 4) is 11.6 Å². The second-order valence-corrected chi connectivity index (χ2v) is 5.27. The Morgan fingerprint density at radius 2 is 1.88 bits per heavy atom. The molecule has 2 rings (SSSR count). The van der Waals surface area contributed by atoms with E-state index in [0.717, 1.165) is 5.56 Å². The van der Waals surface area contributed by atoms with Gasteiger partial charge in [0.1, 0.15) is 11.3 Å². The fourth-order valence-corrected chi connectivity index (χ4v) is 2.10. The van der Waals surface area contributed by atoms with Crippen molar-refractivity contribution in [2.24, 2.45) is 0 Å². The summed E-state index contributed by atoms with van der Waals surface area (Å²) >= 11 is 0. The van der Waals surface area contributed by atoms with E-state index in [1.54, 1.807) is 38.4 Å². The first-order valence-electron chi connectivity index (χ1n) is 7.33. The van der Waals surface area contributed by atoms with Crippen LogP contribution < -0.4 is 9.47 Å². The Balaban J connectivity index is 2.10. The number of methoxy groups -OCH3 is 1. The van der Waals surface area contributed by atoms with E-state index >= 15 is 0 Å². The lowest BCUT2D eigenvalue weighted by Gasteiger charge is -2.19. The van der Waals surface area contributed by atoms with Crippen molar-refractivity contribution in [3.05, 3.63) is 53.7 Å². The molecule has 0 radical (unpaired) electrons. The highest BCUT2D eigenvalue weighted by Gasteiger charge is 2.30. The van der Waals surface area contributed by atoms with Gasteiger partial charge in [0, 0.05) is 19.8 Å². The first-order chi connectivity index (χ1) is 11.8. The van der Waals surface area contributed by atoms with Gasteiger partial charge in [0.25, 0.3) is 5.91 Å². The molecule has 1 heterocycles. The summed E-state index contributed by atoms with van der Waals surface area (Å²) in [5, 5.41) is 0. The maximum Gasteiger partial charge on any atom is 0.422 e. The minimum absolute atomic E-state index is 0.0252. The zero-order chi connectivity index (χ0) is 18.4. The van der Waals surface area contributed by atoms with E-state index in [2.05, 4.69) is 9.72 Å². The summed E-state index contributed by atoms with van der Waals surface area (Å²) in [5.41, 5.74) is 0.820. The van der Waals surface area contributed by atoms with E-state index in [4.69, 9.17) is 4.74 Å². The fourth-order valence-electron chi connectivity index (χ4n) is 2.10. The lowest BCUT2D eigenvalue weighted by atomic mass is 10.2. The molecule has 0 unspecified atom stereocenters. The summed E-state index contributed by atoms with van der Waals surface area (Å²) < 4.78 is 46.7. The highest BCUT2D eigenvalue weighted by atomic mass is 19.4. The van der Waals surface area contributed by atoms with Crippen molar-refractivity contribution in [1.82, 2.24) is 9.88 Å². The molecule has 0 saturated heterocycles. The normalized spacial score (nSPS) is 11.1. The number of benzene rings is 1. The first kappa shape index (κ1) is 18.6. The smallest absolute Gasteiger partial charge is 0.422 e. The van der Waals surface area contributed by atoms with Gasteiger partial charge < -0.3 is 14.4 Å². The van der Waals surface area contributed by atoms with Crippen LogP contribution in [0.25, 0.3) is 0 Å². The molecular formula is C17H17F3N2O3. The Morgan fingerprint density at radius 3 is 2.48 bits per heavy atom. The van der Waals surface area contributed by atoms with Crippen LogP contribution in [0.1, 0.15) is 15.9 Å². The third-order valence-corrected chi connectivity index (χ3v) is 3.30. The molecule has 25 heavy (non-hydrogen) atoms. The van der Waals surface area contributed by atoms with Crippen molar-refractivity contribution in [2.75, 3.05) is 20.8 Å². The Kier molecular flexibility index (Phi) is 5.84. The molecule has 0 aliphatic carbocycles.